The molecule has 0 radical (unpaired) electrons. The van der Waals surface area contributed by atoms with E-state index < -0.39 is 16.1 Å². The van der Waals surface area contributed by atoms with Gasteiger partial charge in [-0.1, -0.05) is 54.6 Å². The van der Waals surface area contributed by atoms with Crippen molar-refractivity contribution >= 4 is 32.6 Å². The van der Waals surface area contributed by atoms with Crippen molar-refractivity contribution in [3.8, 4) is 0 Å². The third-order valence-corrected chi connectivity index (χ3v) is 6.98. The Morgan fingerprint density at radius 1 is 1.03 bits per heavy atom. The van der Waals surface area contributed by atoms with Crippen LogP contribution in [0.15, 0.2) is 76.0 Å². The van der Waals surface area contributed by atoms with E-state index in [-0.39, 0.29) is 17.5 Å². The first kappa shape index (κ1) is 18.8. The Labute approximate surface area is 174 Å². The standard InChI is InChI=1S/C23H20N2O4S/c26-23(29-15-17-9-5-8-16-7-1-2-10-18(16)17)20-12-6-14-25(20)22-19-11-3-4-13-21(19)30(27,28)24-22/h1-5,7-11,13,20H,6,12,14-15H2/t20-/m0/s1. The first-order valence-electron chi connectivity index (χ1n) is 9.89. The fourth-order valence-electron chi connectivity index (χ4n) is 4.22. The lowest BCUT2D eigenvalue weighted by Crippen LogP contribution is -2.41. The summed E-state index contributed by atoms with van der Waals surface area (Å²) in [7, 11) is -3.73. The molecule has 2 aliphatic heterocycles. The fraction of sp³-hybridized carbons (Fsp3) is 0.217. The molecule has 3 aromatic carbocycles. The van der Waals surface area contributed by atoms with Crippen molar-refractivity contribution in [3.05, 3.63) is 77.9 Å². The lowest BCUT2D eigenvalue weighted by molar-refractivity contribution is -0.149. The van der Waals surface area contributed by atoms with Gasteiger partial charge in [0.25, 0.3) is 10.0 Å². The molecule has 0 bridgehead atoms. The number of carbonyl (C=O) groups excluding carboxylic acids is 1. The Bertz CT molecular complexity index is 1280. The van der Waals surface area contributed by atoms with Crippen LogP contribution >= 0.6 is 0 Å². The largest absolute Gasteiger partial charge is 0.459 e. The maximum absolute atomic E-state index is 12.9. The molecule has 0 aliphatic carbocycles. The maximum Gasteiger partial charge on any atom is 0.329 e. The molecule has 0 amide bonds. The van der Waals surface area contributed by atoms with E-state index in [1.807, 2.05) is 42.5 Å². The average molecular weight is 420 g/mol. The summed E-state index contributed by atoms with van der Waals surface area (Å²) in [5.74, 6) is -0.0138. The van der Waals surface area contributed by atoms with Gasteiger partial charge in [0.2, 0.25) is 0 Å². The number of likely N-dealkylation sites (tertiary alicyclic amines) is 1. The molecule has 2 heterocycles. The third-order valence-electron chi connectivity index (χ3n) is 5.66. The van der Waals surface area contributed by atoms with Gasteiger partial charge in [0, 0.05) is 12.1 Å². The van der Waals surface area contributed by atoms with E-state index in [1.54, 1.807) is 29.2 Å². The second-order valence-corrected chi connectivity index (χ2v) is 9.06. The summed E-state index contributed by atoms with van der Waals surface area (Å²) in [6, 6.07) is 20.1. The molecule has 0 unspecified atom stereocenters. The van der Waals surface area contributed by atoms with Crippen LogP contribution in [0, 0.1) is 0 Å². The molecule has 0 N–H and O–H groups in total. The van der Waals surface area contributed by atoms with E-state index in [4.69, 9.17) is 4.74 Å². The van der Waals surface area contributed by atoms with Gasteiger partial charge in [-0.2, -0.15) is 8.42 Å². The molecule has 1 fully saturated rings. The number of hydrogen-bond acceptors (Lipinski definition) is 5. The van der Waals surface area contributed by atoms with E-state index in [9.17, 15) is 13.2 Å². The molecule has 0 aromatic heterocycles. The van der Waals surface area contributed by atoms with Crippen molar-refractivity contribution in [1.82, 2.24) is 4.90 Å². The second kappa shape index (κ2) is 7.25. The summed E-state index contributed by atoms with van der Waals surface area (Å²) in [6.07, 6.45) is 1.38. The molecule has 1 saturated heterocycles. The summed E-state index contributed by atoms with van der Waals surface area (Å²) < 4.78 is 34.4. The molecule has 7 heteroatoms. The van der Waals surface area contributed by atoms with Crippen LogP contribution < -0.4 is 0 Å². The summed E-state index contributed by atoms with van der Waals surface area (Å²) in [6.45, 7) is 0.739. The monoisotopic (exact) mass is 420 g/mol. The molecule has 30 heavy (non-hydrogen) atoms. The molecule has 5 rings (SSSR count). The maximum atomic E-state index is 12.9. The zero-order valence-corrected chi connectivity index (χ0v) is 17.0. The molecule has 152 valence electrons. The first-order chi connectivity index (χ1) is 14.5. The number of esters is 1. The van der Waals surface area contributed by atoms with Gasteiger partial charge >= 0.3 is 5.97 Å². The molecule has 0 saturated carbocycles. The van der Waals surface area contributed by atoms with Crippen molar-refractivity contribution in [3.63, 3.8) is 0 Å². The van der Waals surface area contributed by atoms with Gasteiger partial charge in [-0.25, -0.2) is 4.79 Å². The highest BCUT2D eigenvalue weighted by atomic mass is 32.2. The van der Waals surface area contributed by atoms with Crippen LogP contribution in [0.5, 0.6) is 0 Å². The number of hydrogen-bond donors (Lipinski definition) is 0. The number of benzene rings is 3. The number of nitrogens with zero attached hydrogens (tertiary/aromatic N) is 2. The Morgan fingerprint density at radius 3 is 2.70 bits per heavy atom. The highest BCUT2D eigenvalue weighted by Crippen LogP contribution is 2.31. The molecular weight excluding hydrogens is 400 g/mol. The Balaban J connectivity index is 1.38. The van der Waals surface area contributed by atoms with Crippen molar-refractivity contribution in [1.29, 1.82) is 0 Å². The minimum atomic E-state index is -3.73. The average Bonchev–Trinajstić information content (AvgIpc) is 3.35. The van der Waals surface area contributed by atoms with Crippen molar-refractivity contribution in [2.45, 2.75) is 30.4 Å². The van der Waals surface area contributed by atoms with E-state index in [0.29, 0.717) is 24.4 Å². The fourth-order valence-corrected chi connectivity index (χ4v) is 5.44. The summed E-state index contributed by atoms with van der Waals surface area (Å²) >= 11 is 0. The van der Waals surface area contributed by atoms with Gasteiger partial charge in [-0.3, -0.25) is 0 Å². The van der Waals surface area contributed by atoms with Crippen LogP contribution in [0.1, 0.15) is 24.0 Å². The number of amidine groups is 1. The minimum Gasteiger partial charge on any atom is -0.459 e. The zero-order chi connectivity index (χ0) is 20.7. The quantitative estimate of drug-likeness (QED) is 0.606. The SMILES string of the molecule is O=C(OCc1cccc2ccccc12)[C@@H]1CCCN1C1=NS(=O)(=O)c2ccccc21. The number of sulfonamides is 1. The number of carbonyl (C=O) groups is 1. The summed E-state index contributed by atoms with van der Waals surface area (Å²) in [5.41, 5.74) is 1.49. The van der Waals surface area contributed by atoms with Crippen LogP contribution in [-0.2, 0) is 26.2 Å². The molecule has 2 aliphatic rings. The summed E-state index contributed by atoms with van der Waals surface area (Å²) in [4.78, 5) is 14.9. The smallest absolute Gasteiger partial charge is 0.329 e. The minimum absolute atomic E-state index is 0.173. The van der Waals surface area contributed by atoms with Gasteiger partial charge < -0.3 is 9.64 Å². The Hall–Kier alpha value is -3.19. The lowest BCUT2D eigenvalue weighted by atomic mass is 10.1. The highest BCUT2D eigenvalue weighted by Gasteiger charge is 2.39. The number of rotatable bonds is 3. The highest BCUT2D eigenvalue weighted by molar-refractivity contribution is 7.90. The third kappa shape index (κ3) is 3.15. The van der Waals surface area contributed by atoms with Crippen molar-refractivity contribution in [2.75, 3.05) is 6.54 Å². The van der Waals surface area contributed by atoms with E-state index in [1.165, 1.54) is 0 Å². The lowest BCUT2D eigenvalue weighted by Gasteiger charge is -2.25. The number of fused-ring (bicyclic) bond motifs is 2. The van der Waals surface area contributed by atoms with Crippen LogP contribution in [0.25, 0.3) is 10.8 Å². The van der Waals surface area contributed by atoms with Crippen molar-refractivity contribution in [2.24, 2.45) is 4.40 Å². The zero-order valence-electron chi connectivity index (χ0n) is 16.2. The Kier molecular flexibility index (Phi) is 4.55. The summed E-state index contributed by atoms with van der Waals surface area (Å²) in [5, 5.41) is 2.15. The molecular formula is C23H20N2O4S. The van der Waals surface area contributed by atoms with Crippen molar-refractivity contribution < 1.29 is 17.9 Å². The van der Waals surface area contributed by atoms with Gasteiger partial charge in [-0.15, -0.1) is 4.40 Å². The molecule has 1 atom stereocenters. The van der Waals surface area contributed by atoms with Crippen LogP contribution in [0.2, 0.25) is 0 Å². The van der Waals surface area contributed by atoms with Crippen LogP contribution in [-0.4, -0.2) is 37.7 Å². The normalized spacial score (nSPS) is 19.5. The van der Waals surface area contributed by atoms with Gasteiger partial charge in [0.15, 0.2) is 5.84 Å². The van der Waals surface area contributed by atoms with Gasteiger partial charge in [-0.05, 0) is 41.3 Å². The first-order valence-corrected chi connectivity index (χ1v) is 11.3. The molecule has 0 spiro atoms. The second-order valence-electron chi connectivity index (χ2n) is 7.48. The van der Waals surface area contributed by atoms with E-state index in [0.717, 1.165) is 22.8 Å². The number of ether oxygens (including phenoxy) is 1. The van der Waals surface area contributed by atoms with Crippen LogP contribution in [0.3, 0.4) is 0 Å². The van der Waals surface area contributed by atoms with Gasteiger partial charge in [0.05, 0.1) is 0 Å². The van der Waals surface area contributed by atoms with E-state index in [2.05, 4.69) is 4.40 Å². The molecule has 3 aromatic rings. The van der Waals surface area contributed by atoms with Gasteiger partial charge in [0.1, 0.15) is 17.5 Å². The predicted octanol–water partition coefficient (Wildman–Crippen LogP) is 3.50. The molecule has 6 nitrogen and oxygen atoms in total. The topological polar surface area (TPSA) is 76.0 Å². The van der Waals surface area contributed by atoms with Crippen LogP contribution in [0.4, 0.5) is 0 Å². The van der Waals surface area contributed by atoms with E-state index >= 15 is 0 Å². The Morgan fingerprint density at radius 2 is 1.80 bits per heavy atom. The predicted molar refractivity (Wildman–Crippen MR) is 114 cm³/mol.